The SMILES string of the molecule is CCN1CCC[C@@H](Nc2nnc(-c3ccc(Cl)cc3O)n(C)c2=O)C1. The molecule has 1 aromatic carbocycles. The smallest absolute Gasteiger partial charge is 0.296 e. The van der Waals surface area contributed by atoms with Gasteiger partial charge in [-0.05, 0) is 44.1 Å². The minimum Gasteiger partial charge on any atom is -0.507 e. The molecule has 0 saturated carbocycles. The van der Waals surface area contributed by atoms with Crippen LogP contribution in [0.15, 0.2) is 23.0 Å². The molecule has 2 aromatic rings. The van der Waals surface area contributed by atoms with Gasteiger partial charge in [-0.15, -0.1) is 10.2 Å². The van der Waals surface area contributed by atoms with Crippen LogP contribution < -0.4 is 10.9 Å². The van der Waals surface area contributed by atoms with Crippen LogP contribution in [-0.2, 0) is 7.05 Å². The van der Waals surface area contributed by atoms with E-state index in [1.165, 1.54) is 10.6 Å². The van der Waals surface area contributed by atoms with E-state index in [1.807, 2.05) is 0 Å². The van der Waals surface area contributed by atoms with Gasteiger partial charge in [-0.1, -0.05) is 18.5 Å². The molecule has 0 bridgehead atoms. The predicted molar refractivity (Wildman–Crippen MR) is 98.1 cm³/mol. The second-order valence-electron chi connectivity index (χ2n) is 6.27. The molecule has 1 aliphatic heterocycles. The Bertz CT molecular complexity index is 823. The fraction of sp³-hybridized carbons (Fsp3) is 0.471. The van der Waals surface area contributed by atoms with Crippen LogP contribution in [0.25, 0.3) is 11.4 Å². The van der Waals surface area contributed by atoms with Crippen LogP contribution >= 0.6 is 11.6 Å². The van der Waals surface area contributed by atoms with Gasteiger partial charge in [0.1, 0.15) is 5.75 Å². The highest BCUT2D eigenvalue weighted by molar-refractivity contribution is 6.30. The third kappa shape index (κ3) is 3.77. The van der Waals surface area contributed by atoms with Crippen molar-refractivity contribution in [1.29, 1.82) is 0 Å². The molecule has 1 saturated heterocycles. The van der Waals surface area contributed by atoms with Crippen molar-refractivity contribution in [2.24, 2.45) is 7.05 Å². The predicted octanol–water partition coefficient (Wildman–Crippen LogP) is 2.10. The Morgan fingerprint density at radius 1 is 1.40 bits per heavy atom. The van der Waals surface area contributed by atoms with E-state index < -0.39 is 0 Å². The molecule has 0 unspecified atom stereocenters. The number of benzene rings is 1. The Kier molecular flexibility index (Phi) is 5.24. The zero-order valence-corrected chi connectivity index (χ0v) is 15.1. The topological polar surface area (TPSA) is 83.3 Å². The van der Waals surface area contributed by atoms with Crippen molar-refractivity contribution in [2.75, 3.05) is 25.0 Å². The monoisotopic (exact) mass is 363 g/mol. The van der Waals surface area contributed by atoms with E-state index in [0.717, 1.165) is 32.5 Å². The number of nitrogens with zero attached hydrogens (tertiary/aromatic N) is 4. The van der Waals surface area contributed by atoms with Crippen molar-refractivity contribution in [3.05, 3.63) is 33.6 Å². The molecule has 2 N–H and O–H groups in total. The minimum absolute atomic E-state index is 0.0385. The molecule has 3 rings (SSSR count). The molecule has 0 amide bonds. The van der Waals surface area contributed by atoms with Crippen molar-refractivity contribution in [1.82, 2.24) is 19.7 Å². The molecule has 25 heavy (non-hydrogen) atoms. The first-order valence-electron chi connectivity index (χ1n) is 8.41. The zero-order valence-electron chi connectivity index (χ0n) is 14.4. The fourth-order valence-corrected chi connectivity index (χ4v) is 3.30. The number of piperidine rings is 1. The second-order valence-corrected chi connectivity index (χ2v) is 6.71. The number of hydrogen-bond donors (Lipinski definition) is 2. The van der Waals surface area contributed by atoms with Crippen LogP contribution in [0, 0.1) is 0 Å². The first kappa shape index (κ1) is 17.7. The lowest BCUT2D eigenvalue weighted by Crippen LogP contribution is -2.43. The Balaban J connectivity index is 1.87. The third-order valence-electron chi connectivity index (χ3n) is 4.56. The molecule has 1 fully saturated rings. The van der Waals surface area contributed by atoms with Gasteiger partial charge in [0.05, 0.1) is 5.56 Å². The highest BCUT2D eigenvalue weighted by Crippen LogP contribution is 2.29. The van der Waals surface area contributed by atoms with Crippen LogP contribution in [0.4, 0.5) is 5.82 Å². The van der Waals surface area contributed by atoms with E-state index in [4.69, 9.17) is 11.6 Å². The van der Waals surface area contributed by atoms with Crippen LogP contribution in [0.3, 0.4) is 0 Å². The molecule has 2 heterocycles. The summed E-state index contributed by atoms with van der Waals surface area (Å²) in [5.74, 6) is 0.495. The maximum atomic E-state index is 12.6. The number of likely N-dealkylation sites (tertiary alicyclic amines) is 1. The average molecular weight is 364 g/mol. The number of phenols is 1. The van der Waals surface area contributed by atoms with Crippen molar-refractivity contribution >= 4 is 17.4 Å². The first-order valence-corrected chi connectivity index (χ1v) is 8.79. The quantitative estimate of drug-likeness (QED) is 0.865. The molecule has 1 aliphatic rings. The summed E-state index contributed by atoms with van der Waals surface area (Å²) >= 11 is 5.85. The molecule has 1 aromatic heterocycles. The molecule has 0 spiro atoms. The van der Waals surface area contributed by atoms with E-state index in [-0.39, 0.29) is 23.2 Å². The summed E-state index contributed by atoms with van der Waals surface area (Å²) < 4.78 is 1.39. The number of likely N-dealkylation sites (N-methyl/N-ethyl adjacent to an activating group) is 1. The third-order valence-corrected chi connectivity index (χ3v) is 4.80. The maximum absolute atomic E-state index is 12.6. The largest absolute Gasteiger partial charge is 0.507 e. The van der Waals surface area contributed by atoms with Crippen LogP contribution in [-0.4, -0.2) is 50.4 Å². The number of anilines is 1. The number of aromatic hydroxyl groups is 1. The molecule has 7 nitrogen and oxygen atoms in total. The molecular weight excluding hydrogens is 342 g/mol. The van der Waals surface area contributed by atoms with Gasteiger partial charge < -0.3 is 15.3 Å². The van der Waals surface area contributed by atoms with Gasteiger partial charge in [0.25, 0.3) is 5.56 Å². The summed E-state index contributed by atoms with van der Waals surface area (Å²) in [5.41, 5.74) is 0.144. The van der Waals surface area contributed by atoms with Crippen LogP contribution in [0.2, 0.25) is 5.02 Å². The lowest BCUT2D eigenvalue weighted by molar-refractivity contribution is 0.226. The number of hydrogen-bond acceptors (Lipinski definition) is 6. The van der Waals surface area contributed by atoms with Gasteiger partial charge in [0.2, 0.25) is 5.82 Å². The maximum Gasteiger partial charge on any atom is 0.296 e. The lowest BCUT2D eigenvalue weighted by Gasteiger charge is -2.32. The molecule has 134 valence electrons. The number of nitrogens with one attached hydrogen (secondary N) is 1. The van der Waals surface area contributed by atoms with Gasteiger partial charge in [-0.2, -0.15) is 0 Å². The summed E-state index contributed by atoms with van der Waals surface area (Å²) in [7, 11) is 1.62. The summed E-state index contributed by atoms with van der Waals surface area (Å²) in [6.07, 6.45) is 2.09. The Morgan fingerprint density at radius 2 is 2.20 bits per heavy atom. The van der Waals surface area contributed by atoms with Gasteiger partial charge in [0, 0.05) is 24.7 Å². The van der Waals surface area contributed by atoms with E-state index in [2.05, 4.69) is 27.3 Å². The minimum atomic E-state index is -0.270. The van der Waals surface area contributed by atoms with E-state index in [0.29, 0.717) is 16.4 Å². The highest BCUT2D eigenvalue weighted by Gasteiger charge is 2.21. The van der Waals surface area contributed by atoms with Gasteiger partial charge in [-0.3, -0.25) is 9.36 Å². The average Bonchev–Trinajstić information content (AvgIpc) is 2.60. The second kappa shape index (κ2) is 7.41. The van der Waals surface area contributed by atoms with E-state index in [1.54, 1.807) is 19.2 Å². The summed E-state index contributed by atoms with van der Waals surface area (Å²) in [6, 6.07) is 4.85. The summed E-state index contributed by atoms with van der Waals surface area (Å²) in [6.45, 7) is 5.11. The normalized spacial score (nSPS) is 18.3. The van der Waals surface area contributed by atoms with Crippen molar-refractivity contribution < 1.29 is 5.11 Å². The Hall–Kier alpha value is -2.12. The Labute approximate surface area is 151 Å². The van der Waals surface area contributed by atoms with E-state index >= 15 is 0 Å². The summed E-state index contributed by atoms with van der Waals surface area (Å²) in [5, 5.41) is 21.9. The molecule has 0 aliphatic carbocycles. The molecular formula is C17H22ClN5O2. The van der Waals surface area contributed by atoms with Crippen LogP contribution in [0.1, 0.15) is 19.8 Å². The first-order chi connectivity index (χ1) is 12.0. The number of phenolic OH excluding ortho intramolecular Hbond substituents is 1. The number of aromatic nitrogens is 3. The van der Waals surface area contributed by atoms with Crippen molar-refractivity contribution in [3.63, 3.8) is 0 Å². The fourth-order valence-electron chi connectivity index (χ4n) is 3.14. The number of halogens is 1. The van der Waals surface area contributed by atoms with Crippen LogP contribution in [0.5, 0.6) is 5.75 Å². The van der Waals surface area contributed by atoms with E-state index in [9.17, 15) is 9.90 Å². The standard InChI is InChI=1S/C17H22ClN5O2/c1-3-23-8-4-5-12(10-23)19-15-17(25)22(2)16(21-20-15)13-7-6-11(18)9-14(13)24/h6-7,9,12,24H,3-5,8,10H2,1-2H3,(H,19,20)/t12-/m1/s1. The highest BCUT2D eigenvalue weighted by atomic mass is 35.5. The van der Waals surface area contributed by atoms with Gasteiger partial charge >= 0.3 is 0 Å². The summed E-state index contributed by atoms with van der Waals surface area (Å²) in [4.78, 5) is 15.0. The van der Waals surface area contributed by atoms with Gasteiger partial charge in [-0.25, -0.2) is 0 Å². The van der Waals surface area contributed by atoms with Crippen molar-refractivity contribution in [3.8, 4) is 17.1 Å². The molecule has 8 heteroatoms. The Morgan fingerprint density at radius 3 is 2.92 bits per heavy atom. The molecule has 0 radical (unpaired) electrons. The zero-order chi connectivity index (χ0) is 18.0. The lowest BCUT2D eigenvalue weighted by atomic mass is 10.1. The van der Waals surface area contributed by atoms with Gasteiger partial charge in [0.15, 0.2) is 5.82 Å². The molecule has 1 atom stereocenters. The van der Waals surface area contributed by atoms with Crippen molar-refractivity contribution in [2.45, 2.75) is 25.8 Å². The number of rotatable bonds is 4.